The second-order valence-corrected chi connectivity index (χ2v) is 3.55. The second-order valence-electron chi connectivity index (χ2n) is 2.76. The predicted octanol–water partition coefficient (Wildman–Crippen LogP) is 2.42. The van der Waals surface area contributed by atoms with E-state index in [0.29, 0.717) is 15.6 Å². The summed E-state index contributed by atoms with van der Waals surface area (Å²) in [6.07, 6.45) is 0. The average molecular weight is 254 g/mol. The Hall–Kier alpha value is -1.34. The summed E-state index contributed by atoms with van der Waals surface area (Å²) in [4.78, 5) is 11.2. The Bertz CT molecular complexity index is 421. The minimum Gasteiger partial charge on any atom is -0.465 e. The zero-order valence-corrected chi connectivity index (χ0v) is 9.38. The third-order valence-electron chi connectivity index (χ3n) is 1.80. The molecular weight excluding hydrogens is 246 g/mol. The Balaban J connectivity index is 3.32. The predicted molar refractivity (Wildman–Crippen MR) is 54.9 cm³/mol. The van der Waals surface area contributed by atoms with Crippen molar-refractivity contribution in [3.63, 3.8) is 0 Å². The molecule has 14 heavy (non-hydrogen) atoms. The normalized spacial score (nSPS) is 9.29. The zero-order valence-electron chi connectivity index (χ0n) is 7.80. The third-order valence-corrected chi connectivity index (χ3v) is 2.85. The van der Waals surface area contributed by atoms with Gasteiger partial charge in [0.1, 0.15) is 6.07 Å². The molecule has 0 spiro atoms. The summed E-state index contributed by atoms with van der Waals surface area (Å²) >= 11 is 3.27. The van der Waals surface area contributed by atoms with Gasteiger partial charge in [-0.2, -0.15) is 5.26 Å². The van der Waals surface area contributed by atoms with Crippen molar-refractivity contribution in [1.29, 1.82) is 5.26 Å². The van der Waals surface area contributed by atoms with Crippen molar-refractivity contribution in [2.45, 2.75) is 6.92 Å². The topological polar surface area (TPSA) is 50.1 Å². The minimum atomic E-state index is -0.433. The highest BCUT2D eigenvalue weighted by molar-refractivity contribution is 9.10. The molecule has 0 radical (unpaired) electrons. The van der Waals surface area contributed by atoms with Gasteiger partial charge in [0.2, 0.25) is 0 Å². The van der Waals surface area contributed by atoms with Gasteiger partial charge in [-0.3, -0.25) is 0 Å². The van der Waals surface area contributed by atoms with Gasteiger partial charge in [0, 0.05) is 4.47 Å². The van der Waals surface area contributed by atoms with Crippen LogP contribution in [0.4, 0.5) is 0 Å². The molecule has 0 atom stereocenters. The number of aryl methyl sites for hydroxylation is 1. The highest BCUT2D eigenvalue weighted by Crippen LogP contribution is 2.22. The highest BCUT2D eigenvalue weighted by atomic mass is 79.9. The lowest BCUT2D eigenvalue weighted by Crippen LogP contribution is -2.02. The van der Waals surface area contributed by atoms with E-state index in [9.17, 15) is 4.79 Å². The van der Waals surface area contributed by atoms with Crippen LogP contribution in [0.5, 0.6) is 0 Å². The van der Waals surface area contributed by atoms with E-state index >= 15 is 0 Å². The molecule has 4 heteroatoms. The molecule has 1 rings (SSSR count). The first-order chi connectivity index (χ1) is 6.60. The molecule has 72 valence electrons. The first-order valence-electron chi connectivity index (χ1n) is 3.88. The summed E-state index contributed by atoms with van der Waals surface area (Å²) in [5.41, 5.74) is 1.67. The van der Waals surface area contributed by atoms with E-state index in [4.69, 9.17) is 5.26 Å². The number of halogens is 1. The molecule has 0 amide bonds. The zero-order chi connectivity index (χ0) is 10.7. The molecule has 0 heterocycles. The molecule has 0 aliphatic carbocycles. The third kappa shape index (κ3) is 1.94. The van der Waals surface area contributed by atoms with Crippen LogP contribution in [-0.4, -0.2) is 13.1 Å². The Morgan fingerprint density at radius 3 is 2.71 bits per heavy atom. The SMILES string of the molecule is COC(=O)c1cc(C)c(Br)c(C#N)c1. The van der Waals surface area contributed by atoms with E-state index in [1.165, 1.54) is 13.2 Å². The molecule has 1 aromatic rings. The number of methoxy groups -OCH3 is 1. The van der Waals surface area contributed by atoms with Crippen LogP contribution in [-0.2, 0) is 4.74 Å². The van der Waals surface area contributed by atoms with Gasteiger partial charge in [0.25, 0.3) is 0 Å². The van der Waals surface area contributed by atoms with Crippen molar-refractivity contribution < 1.29 is 9.53 Å². The fourth-order valence-electron chi connectivity index (χ4n) is 1.09. The number of carbonyl (C=O) groups excluding carboxylic acids is 1. The van der Waals surface area contributed by atoms with Gasteiger partial charge < -0.3 is 4.74 Å². The highest BCUT2D eigenvalue weighted by Gasteiger charge is 2.10. The number of hydrogen-bond acceptors (Lipinski definition) is 3. The van der Waals surface area contributed by atoms with Crippen LogP contribution in [0.15, 0.2) is 16.6 Å². The lowest BCUT2D eigenvalue weighted by molar-refractivity contribution is 0.0600. The number of rotatable bonds is 1. The summed E-state index contributed by atoms with van der Waals surface area (Å²) in [6.45, 7) is 1.82. The van der Waals surface area contributed by atoms with Crippen molar-refractivity contribution in [1.82, 2.24) is 0 Å². The number of nitrogens with zero attached hydrogens (tertiary/aromatic N) is 1. The van der Waals surface area contributed by atoms with Gasteiger partial charge in [-0.1, -0.05) is 0 Å². The quantitative estimate of drug-likeness (QED) is 0.723. The van der Waals surface area contributed by atoms with E-state index in [2.05, 4.69) is 20.7 Å². The smallest absolute Gasteiger partial charge is 0.337 e. The standard InChI is InChI=1S/C10H8BrNO2/c1-6-3-7(10(13)14-2)4-8(5-12)9(6)11/h3-4H,1-2H3. The van der Waals surface area contributed by atoms with Gasteiger partial charge in [-0.05, 0) is 40.5 Å². The van der Waals surface area contributed by atoms with Gasteiger partial charge in [0.15, 0.2) is 0 Å². The summed E-state index contributed by atoms with van der Waals surface area (Å²) in [7, 11) is 1.31. The summed E-state index contributed by atoms with van der Waals surface area (Å²) in [5, 5.41) is 8.79. The van der Waals surface area contributed by atoms with Crippen LogP contribution in [0, 0.1) is 18.3 Å². The number of hydrogen-bond donors (Lipinski definition) is 0. The molecule has 0 saturated carbocycles. The molecule has 0 saturated heterocycles. The Kier molecular flexibility index (Phi) is 3.26. The van der Waals surface area contributed by atoms with Crippen LogP contribution < -0.4 is 0 Å². The molecule has 0 unspecified atom stereocenters. The number of esters is 1. The molecule has 0 bridgehead atoms. The number of ether oxygens (including phenoxy) is 1. The van der Waals surface area contributed by atoms with Crippen molar-refractivity contribution in [3.05, 3.63) is 33.3 Å². The first kappa shape index (κ1) is 10.7. The lowest BCUT2D eigenvalue weighted by atomic mass is 10.1. The van der Waals surface area contributed by atoms with Gasteiger partial charge >= 0.3 is 5.97 Å². The van der Waals surface area contributed by atoms with Crippen LogP contribution in [0.25, 0.3) is 0 Å². The lowest BCUT2D eigenvalue weighted by Gasteiger charge is -2.04. The molecule has 3 nitrogen and oxygen atoms in total. The number of benzene rings is 1. The average Bonchev–Trinajstić information content (AvgIpc) is 2.20. The van der Waals surface area contributed by atoms with Gasteiger partial charge in [-0.15, -0.1) is 0 Å². The fourth-order valence-corrected chi connectivity index (χ4v) is 1.40. The van der Waals surface area contributed by atoms with Crippen LogP contribution in [0.1, 0.15) is 21.5 Å². The van der Waals surface area contributed by atoms with Crippen LogP contribution in [0.3, 0.4) is 0 Å². The summed E-state index contributed by atoms with van der Waals surface area (Å²) in [6, 6.07) is 5.18. The maximum Gasteiger partial charge on any atom is 0.337 e. The molecule has 1 aromatic carbocycles. The number of carbonyl (C=O) groups is 1. The largest absolute Gasteiger partial charge is 0.465 e. The summed E-state index contributed by atoms with van der Waals surface area (Å²) < 4.78 is 5.28. The molecule has 0 aliphatic heterocycles. The number of nitriles is 1. The minimum absolute atomic E-state index is 0.393. The molecule has 0 N–H and O–H groups in total. The first-order valence-corrected chi connectivity index (χ1v) is 4.68. The molecular formula is C10H8BrNO2. The van der Waals surface area contributed by atoms with Crippen LogP contribution >= 0.6 is 15.9 Å². The van der Waals surface area contributed by atoms with Crippen molar-refractivity contribution in [3.8, 4) is 6.07 Å². The molecule has 0 fully saturated rings. The maximum atomic E-state index is 11.2. The second kappa shape index (κ2) is 4.25. The molecule has 0 aromatic heterocycles. The fraction of sp³-hybridized carbons (Fsp3) is 0.200. The monoisotopic (exact) mass is 253 g/mol. The van der Waals surface area contributed by atoms with E-state index in [0.717, 1.165) is 5.56 Å². The van der Waals surface area contributed by atoms with Crippen molar-refractivity contribution in [2.75, 3.05) is 7.11 Å². The van der Waals surface area contributed by atoms with E-state index in [1.807, 2.05) is 13.0 Å². The van der Waals surface area contributed by atoms with Crippen molar-refractivity contribution in [2.24, 2.45) is 0 Å². The van der Waals surface area contributed by atoms with Gasteiger partial charge in [-0.25, -0.2) is 4.79 Å². The summed E-state index contributed by atoms with van der Waals surface area (Å²) in [5.74, 6) is -0.433. The van der Waals surface area contributed by atoms with E-state index in [1.54, 1.807) is 6.07 Å². The molecule has 0 aliphatic rings. The Labute approximate surface area is 90.4 Å². The van der Waals surface area contributed by atoms with Crippen molar-refractivity contribution >= 4 is 21.9 Å². The van der Waals surface area contributed by atoms with E-state index < -0.39 is 5.97 Å². The maximum absolute atomic E-state index is 11.2. The Morgan fingerprint density at radius 1 is 1.57 bits per heavy atom. The van der Waals surface area contributed by atoms with E-state index in [-0.39, 0.29) is 0 Å². The Morgan fingerprint density at radius 2 is 2.21 bits per heavy atom. The van der Waals surface area contributed by atoms with Crippen LogP contribution in [0.2, 0.25) is 0 Å². The van der Waals surface area contributed by atoms with Gasteiger partial charge in [0.05, 0.1) is 18.2 Å².